The van der Waals surface area contributed by atoms with Crippen LogP contribution >= 0.6 is 0 Å². The lowest BCUT2D eigenvalue weighted by molar-refractivity contribution is 0.497. The van der Waals surface area contributed by atoms with E-state index in [1.54, 1.807) is 0 Å². The van der Waals surface area contributed by atoms with E-state index in [0.717, 1.165) is 0 Å². The molecule has 0 N–H and O–H groups in total. The van der Waals surface area contributed by atoms with Gasteiger partial charge in [0.05, 0.1) is 0 Å². The van der Waals surface area contributed by atoms with Gasteiger partial charge in [-0.3, -0.25) is 0 Å². The zero-order chi connectivity index (χ0) is 15.0. The molecule has 20 heavy (non-hydrogen) atoms. The first-order valence-corrected chi connectivity index (χ1v) is 5.24. The summed E-state index contributed by atoms with van der Waals surface area (Å²) in [5.41, 5.74) is -2.38. The van der Waals surface area contributed by atoms with Crippen LogP contribution in [0.5, 0.6) is 0 Å². The predicted octanol–water partition coefficient (Wildman–Crippen LogP) is 2.60. The van der Waals surface area contributed by atoms with Gasteiger partial charge in [-0.15, -0.1) is 0 Å². The molecule has 0 saturated carbocycles. The van der Waals surface area contributed by atoms with E-state index in [2.05, 4.69) is 0 Å². The number of rotatable bonds is 2. The summed E-state index contributed by atoms with van der Waals surface area (Å²) >= 11 is 0. The molecule has 0 spiro atoms. The average Bonchev–Trinajstić information content (AvgIpc) is 2.37. The number of halogens is 7. The van der Waals surface area contributed by atoms with Gasteiger partial charge < -0.3 is 4.32 Å². The van der Waals surface area contributed by atoms with Crippen molar-refractivity contribution in [3.05, 3.63) is 59.2 Å². The molecule has 0 amide bonds. The van der Waals surface area contributed by atoms with Crippen molar-refractivity contribution >= 4 is 17.9 Å². The summed E-state index contributed by atoms with van der Waals surface area (Å²) in [5, 5.41) is 0. The van der Waals surface area contributed by atoms with Crippen LogP contribution in [0.4, 0.5) is 30.7 Å². The highest BCUT2D eigenvalue weighted by Crippen LogP contribution is 2.11. The molecule has 0 heterocycles. The van der Waals surface area contributed by atoms with Crippen LogP contribution in [0.2, 0.25) is 0 Å². The van der Waals surface area contributed by atoms with Crippen molar-refractivity contribution in [2.45, 2.75) is 0 Å². The van der Waals surface area contributed by atoms with Crippen LogP contribution in [-0.4, -0.2) is 6.99 Å². The standard InChI is InChI=1S/C12H4BF7/c14-5-1-7(11(18)9(16)3-5)13(20)8-2-6(15)4-10(17)12(8)19/h1-4H. The monoisotopic (exact) mass is 292 g/mol. The Kier molecular flexibility index (Phi) is 3.74. The molecule has 0 unspecified atom stereocenters. The van der Waals surface area contributed by atoms with Crippen LogP contribution in [0.3, 0.4) is 0 Å². The zero-order valence-corrected chi connectivity index (χ0v) is 9.53. The summed E-state index contributed by atoms with van der Waals surface area (Å²) in [6, 6.07) is 0.888. The molecule has 0 atom stereocenters. The molecule has 0 radical (unpaired) electrons. The van der Waals surface area contributed by atoms with E-state index in [-0.39, 0.29) is 24.3 Å². The summed E-state index contributed by atoms with van der Waals surface area (Å²) in [6.45, 7) is -2.76. The molecular weight excluding hydrogens is 288 g/mol. The van der Waals surface area contributed by atoms with Crippen LogP contribution < -0.4 is 10.9 Å². The van der Waals surface area contributed by atoms with Gasteiger partial charge in [-0.05, 0) is 12.1 Å². The van der Waals surface area contributed by atoms with E-state index >= 15 is 0 Å². The van der Waals surface area contributed by atoms with Gasteiger partial charge >= 0.3 is 6.99 Å². The van der Waals surface area contributed by atoms with E-state index in [9.17, 15) is 30.7 Å². The van der Waals surface area contributed by atoms with Crippen LogP contribution in [-0.2, 0) is 0 Å². The molecule has 8 heteroatoms. The minimum Gasteiger partial charge on any atom is -0.322 e. The second-order valence-electron chi connectivity index (χ2n) is 3.94. The minimum atomic E-state index is -2.76. The first kappa shape index (κ1) is 14.4. The van der Waals surface area contributed by atoms with Crippen LogP contribution in [0, 0.1) is 34.9 Å². The van der Waals surface area contributed by atoms with Gasteiger partial charge in [-0.25, -0.2) is 26.3 Å². The third-order valence-electron chi connectivity index (χ3n) is 2.59. The Morgan fingerprint density at radius 1 is 0.600 bits per heavy atom. The van der Waals surface area contributed by atoms with E-state index in [0.29, 0.717) is 0 Å². The van der Waals surface area contributed by atoms with Gasteiger partial charge in [-0.1, -0.05) is 0 Å². The molecule has 0 nitrogen and oxygen atoms in total. The van der Waals surface area contributed by atoms with Gasteiger partial charge in [0.15, 0.2) is 23.3 Å². The van der Waals surface area contributed by atoms with E-state index in [4.69, 9.17) is 0 Å². The first-order valence-electron chi connectivity index (χ1n) is 5.24. The number of hydrogen-bond acceptors (Lipinski definition) is 0. The normalized spacial score (nSPS) is 10.8. The Morgan fingerprint density at radius 3 is 1.30 bits per heavy atom. The lowest BCUT2D eigenvalue weighted by Gasteiger charge is -2.09. The molecule has 0 saturated heterocycles. The lowest BCUT2D eigenvalue weighted by atomic mass is 9.58. The van der Waals surface area contributed by atoms with Crippen LogP contribution in [0.15, 0.2) is 24.3 Å². The van der Waals surface area contributed by atoms with Gasteiger partial charge in [0.2, 0.25) is 0 Å². The van der Waals surface area contributed by atoms with Gasteiger partial charge in [0.25, 0.3) is 0 Å². The second-order valence-corrected chi connectivity index (χ2v) is 3.94. The molecule has 0 aromatic heterocycles. The maximum Gasteiger partial charge on any atom is 0.419 e. The topological polar surface area (TPSA) is 0 Å². The molecule has 2 aromatic rings. The smallest absolute Gasteiger partial charge is 0.322 e. The third kappa shape index (κ3) is 2.50. The molecule has 0 fully saturated rings. The van der Waals surface area contributed by atoms with Gasteiger partial charge in [0.1, 0.15) is 11.6 Å². The van der Waals surface area contributed by atoms with E-state index in [1.807, 2.05) is 0 Å². The quantitative estimate of drug-likeness (QED) is 0.453. The number of hydrogen-bond donors (Lipinski definition) is 0. The molecule has 0 aliphatic rings. The Balaban J connectivity index is 2.60. The highest BCUT2D eigenvalue weighted by Gasteiger charge is 2.30. The summed E-state index contributed by atoms with van der Waals surface area (Å²) < 4.78 is 92.4. The summed E-state index contributed by atoms with van der Waals surface area (Å²) in [6.07, 6.45) is 0. The number of benzene rings is 2. The maximum absolute atomic E-state index is 14.0. The Morgan fingerprint density at radius 2 is 0.950 bits per heavy atom. The Hall–Kier alpha value is -1.99. The summed E-state index contributed by atoms with van der Waals surface area (Å²) in [5.74, 6) is -9.52. The van der Waals surface area contributed by atoms with Crippen LogP contribution in [0.25, 0.3) is 0 Å². The molecular formula is C12H4BF7. The van der Waals surface area contributed by atoms with Crippen molar-refractivity contribution in [1.82, 2.24) is 0 Å². The minimum absolute atomic E-state index is 0.161. The molecule has 2 rings (SSSR count). The molecule has 0 bridgehead atoms. The van der Waals surface area contributed by atoms with Crippen molar-refractivity contribution in [1.29, 1.82) is 0 Å². The molecule has 0 aliphatic carbocycles. The zero-order valence-electron chi connectivity index (χ0n) is 9.53. The van der Waals surface area contributed by atoms with Crippen molar-refractivity contribution in [3.63, 3.8) is 0 Å². The molecule has 104 valence electrons. The SMILES string of the molecule is FB(c1cc(F)cc(F)c1F)c1cc(F)cc(F)c1F. The fraction of sp³-hybridized carbons (Fsp3) is 0. The fourth-order valence-corrected chi connectivity index (χ4v) is 1.69. The lowest BCUT2D eigenvalue weighted by Crippen LogP contribution is -2.43. The van der Waals surface area contributed by atoms with Crippen molar-refractivity contribution in [2.75, 3.05) is 0 Å². The summed E-state index contributed by atoms with van der Waals surface area (Å²) in [7, 11) is 0. The molecule has 0 aliphatic heterocycles. The molecule has 2 aromatic carbocycles. The predicted molar refractivity (Wildman–Crippen MR) is 58.8 cm³/mol. The van der Waals surface area contributed by atoms with Crippen molar-refractivity contribution in [3.8, 4) is 0 Å². The highest BCUT2D eigenvalue weighted by molar-refractivity contribution is 6.79. The second kappa shape index (κ2) is 5.18. The largest absolute Gasteiger partial charge is 0.419 e. The Bertz CT molecular complexity index is 614. The van der Waals surface area contributed by atoms with Gasteiger partial charge in [-0.2, -0.15) is 0 Å². The average molecular weight is 292 g/mol. The van der Waals surface area contributed by atoms with E-state index in [1.165, 1.54) is 0 Å². The van der Waals surface area contributed by atoms with Crippen molar-refractivity contribution < 1.29 is 30.7 Å². The highest BCUT2D eigenvalue weighted by atomic mass is 19.2. The van der Waals surface area contributed by atoms with Crippen LogP contribution in [0.1, 0.15) is 0 Å². The summed E-state index contributed by atoms with van der Waals surface area (Å²) in [4.78, 5) is 0. The first-order chi connectivity index (χ1) is 9.31. The van der Waals surface area contributed by atoms with E-state index < -0.39 is 52.8 Å². The van der Waals surface area contributed by atoms with Gasteiger partial charge in [0, 0.05) is 23.1 Å². The maximum atomic E-state index is 14.0. The Labute approximate surface area is 109 Å². The van der Waals surface area contributed by atoms with Crippen molar-refractivity contribution in [2.24, 2.45) is 0 Å². The third-order valence-corrected chi connectivity index (χ3v) is 2.59. The fourth-order valence-electron chi connectivity index (χ4n) is 1.69.